The van der Waals surface area contributed by atoms with Crippen LogP contribution in [0.25, 0.3) is 0 Å². The number of piperidine rings is 1. The highest BCUT2D eigenvalue weighted by atomic mass is 15.3. The molecule has 2 heterocycles. The third-order valence-electron chi connectivity index (χ3n) is 4.90. The second-order valence-electron chi connectivity index (χ2n) is 6.27. The molecule has 106 valence electrons. The van der Waals surface area contributed by atoms with Gasteiger partial charge < -0.3 is 0 Å². The Morgan fingerprint density at radius 1 is 1.00 bits per heavy atom. The summed E-state index contributed by atoms with van der Waals surface area (Å²) in [7, 11) is 0. The Kier molecular flexibility index (Phi) is 5.97. The fourth-order valence-electron chi connectivity index (χ4n) is 3.79. The van der Waals surface area contributed by atoms with Crippen LogP contribution in [0.4, 0.5) is 0 Å². The van der Waals surface area contributed by atoms with Crippen molar-refractivity contribution in [1.82, 2.24) is 9.80 Å². The lowest BCUT2D eigenvalue weighted by Crippen LogP contribution is -2.57. The maximum Gasteiger partial charge on any atom is 0.0223 e. The van der Waals surface area contributed by atoms with Crippen LogP contribution < -0.4 is 0 Å². The summed E-state index contributed by atoms with van der Waals surface area (Å²) in [5, 5.41) is 0. The molecule has 0 saturated carbocycles. The van der Waals surface area contributed by atoms with E-state index in [2.05, 4.69) is 23.6 Å². The number of unbranched alkanes of at least 4 members (excludes halogenated alkanes) is 1. The first-order chi connectivity index (χ1) is 8.85. The predicted molar refractivity (Wildman–Crippen MR) is 79.0 cm³/mol. The number of hydrogen-bond acceptors (Lipinski definition) is 2. The average Bonchev–Trinajstić information content (AvgIpc) is 2.43. The van der Waals surface area contributed by atoms with Crippen molar-refractivity contribution in [3.05, 3.63) is 0 Å². The maximum atomic E-state index is 2.83. The molecule has 2 nitrogen and oxygen atoms in total. The van der Waals surface area contributed by atoms with Crippen LogP contribution in [0.2, 0.25) is 0 Å². The van der Waals surface area contributed by atoms with Gasteiger partial charge in [-0.05, 0) is 32.2 Å². The Labute approximate surface area is 114 Å². The molecule has 2 fully saturated rings. The molecule has 2 aliphatic heterocycles. The van der Waals surface area contributed by atoms with E-state index in [9.17, 15) is 0 Å². The topological polar surface area (TPSA) is 6.48 Å². The average molecular weight is 252 g/mol. The van der Waals surface area contributed by atoms with Crippen LogP contribution in [0.5, 0.6) is 0 Å². The summed E-state index contributed by atoms with van der Waals surface area (Å²) >= 11 is 0. The van der Waals surface area contributed by atoms with E-state index >= 15 is 0 Å². The third kappa shape index (κ3) is 3.71. The molecule has 2 unspecified atom stereocenters. The molecule has 0 amide bonds. The molecule has 0 bridgehead atoms. The molecule has 2 aliphatic rings. The summed E-state index contributed by atoms with van der Waals surface area (Å²) in [6.45, 7) is 10.0. The Balaban J connectivity index is 1.86. The highest BCUT2D eigenvalue weighted by molar-refractivity contribution is 4.87. The van der Waals surface area contributed by atoms with Gasteiger partial charge in [0.1, 0.15) is 0 Å². The lowest BCUT2D eigenvalue weighted by molar-refractivity contribution is 0.0226. The lowest BCUT2D eigenvalue weighted by Gasteiger charge is -2.46. The molecule has 0 aromatic heterocycles. The van der Waals surface area contributed by atoms with Crippen LogP contribution in [0.1, 0.15) is 65.2 Å². The van der Waals surface area contributed by atoms with Crippen molar-refractivity contribution in [1.29, 1.82) is 0 Å². The smallest absolute Gasteiger partial charge is 0.0223 e. The van der Waals surface area contributed by atoms with E-state index in [-0.39, 0.29) is 0 Å². The van der Waals surface area contributed by atoms with Gasteiger partial charge >= 0.3 is 0 Å². The van der Waals surface area contributed by atoms with Gasteiger partial charge in [0, 0.05) is 31.7 Å². The first-order valence-electron chi connectivity index (χ1n) is 8.33. The van der Waals surface area contributed by atoms with Crippen molar-refractivity contribution < 1.29 is 0 Å². The summed E-state index contributed by atoms with van der Waals surface area (Å²) in [6.07, 6.45) is 11.3. The molecular formula is C16H32N2. The van der Waals surface area contributed by atoms with Crippen molar-refractivity contribution in [3.8, 4) is 0 Å². The number of rotatable bonds is 6. The van der Waals surface area contributed by atoms with Gasteiger partial charge in [-0.15, -0.1) is 0 Å². The molecular weight excluding hydrogens is 220 g/mol. The minimum atomic E-state index is 0.874. The van der Waals surface area contributed by atoms with Gasteiger partial charge in [0.15, 0.2) is 0 Å². The summed E-state index contributed by atoms with van der Waals surface area (Å²) in [4.78, 5) is 5.58. The largest absolute Gasteiger partial charge is 0.298 e. The van der Waals surface area contributed by atoms with E-state index in [1.54, 1.807) is 0 Å². The molecule has 0 spiro atoms. The van der Waals surface area contributed by atoms with E-state index in [1.165, 1.54) is 77.5 Å². The number of hydrogen-bond donors (Lipinski definition) is 0. The maximum absolute atomic E-state index is 2.83. The van der Waals surface area contributed by atoms with Crippen molar-refractivity contribution in [2.24, 2.45) is 0 Å². The molecule has 0 aromatic carbocycles. The summed E-state index contributed by atoms with van der Waals surface area (Å²) in [6, 6.07) is 1.76. The summed E-state index contributed by atoms with van der Waals surface area (Å²) in [5.41, 5.74) is 0. The first kappa shape index (κ1) is 14.3. The molecule has 2 heteroatoms. The summed E-state index contributed by atoms with van der Waals surface area (Å²) in [5.74, 6) is 0. The SMILES string of the molecule is CCCCC(CCC)N1CCN2CCCCC2C1. The van der Waals surface area contributed by atoms with E-state index < -0.39 is 0 Å². The zero-order valence-electron chi connectivity index (χ0n) is 12.5. The molecule has 18 heavy (non-hydrogen) atoms. The van der Waals surface area contributed by atoms with E-state index in [0.717, 1.165) is 12.1 Å². The quantitative estimate of drug-likeness (QED) is 0.714. The number of fused-ring (bicyclic) bond motifs is 1. The highest BCUT2D eigenvalue weighted by Crippen LogP contribution is 2.24. The van der Waals surface area contributed by atoms with Crippen LogP contribution in [0.15, 0.2) is 0 Å². The van der Waals surface area contributed by atoms with Crippen LogP contribution in [0, 0.1) is 0 Å². The summed E-state index contributed by atoms with van der Waals surface area (Å²) < 4.78 is 0. The van der Waals surface area contributed by atoms with Gasteiger partial charge in [-0.1, -0.05) is 39.5 Å². The van der Waals surface area contributed by atoms with Gasteiger partial charge in [0.2, 0.25) is 0 Å². The molecule has 0 aromatic rings. The zero-order chi connectivity index (χ0) is 12.8. The molecule has 2 rings (SSSR count). The van der Waals surface area contributed by atoms with Gasteiger partial charge in [0.05, 0.1) is 0 Å². The molecule has 0 aliphatic carbocycles. The Morgan fingerprint density at radius 3 is 2.67 bits per heavy atom. The van der Waals surface area contributed by atoms with Crippen LogP contribution in [0.3, 0.4) is 0 Å². The minimum Gasteiger partial charge on any atom is -0.298 e. The number of nitrogens with zero attached hydrogens (tertiary/aromatic N) is 2. The van der Waals surface area contributed by atoms with Gasteiger partial charge in [-0.3, -0.25) is 9.80 Å². The predicted octanol–water partition coefficient (Wildman–Crippen LogP) is 3.52. The minimum absolute atomic E-state index is 0.874. The fraction of sp³-hybridized carbons (Fsp3) is 1.00. The van der Waals surface area contributed by atoms with Gasteiger partial charge in [-0.2, -0.15) is 0 Å². The van der Waals surface area contributed by atoms with Crippen molar-refractivity contribution >= 4 is 0 Å². The zero-order valence-corrected chi connectivity index (χ0v) is 12.5. The van der Waals surface area contributed by atoms with Crippen molar-refractivity contribution in [2.75, 3.05) is 26.2 Å². The van der Waals surface area contributed by atoms with Crippen LogP contribution >= 0.6 is 0 Å². The third-order valence-corrected chi connectivity index (χ3v) is 4.90. The second-order valence-corrected chi connectivity index (χ2v) is 6.27. The Hall–Kier alpha value is -0.0800. The van der Waals surface area contributed by atoms with E-state index in [4.69, 9.17) is 0 Å². The standard InChI is InChI=1S/C16H32N2/c1-3-5-9-15(8-4-2)18-13-12-17-11-7-6-10-16(17)14-18/h15-16H,3-14H2,1-2H3. The fourth-order valence-corrected chi connectivity index (χ4v) is 3.79. The van der Waals surface area contributed by atoms with Crippen LogP contribution in [-0.2, 0) is 0 Å². The highest BCUT2D eigenvalue weighted by Gasteiger charge is 2.31. The molecule has 2 atom stereocenters. The monoisotopic (exact) mass is 252 g/mol. The first-order valence-corrected chi connectivity index (χ1v) is 8.33. The van der Waals surface area contributed by atoms with Crippen molar-refractivity contribution in [3.63, 3.8) is 0 Å². The second kappa shape index (κ2) is 7.49. The number of piperazine rings is 1. The molecule has 0 N–H and O–H groups in total. The van der Waals surface area contributed by atoms with Crippen molar-refractivity contribution in [2.45, 2.75) is 77.3 Å². The van der Waals surface area contributed by atoms with Crippen LogP contribution in [-0.4, -0.2) is 48.1 Å². The Morgan fingerprint density at radius 2 is 1.89 bits per heavy atom. The molecule has 2 saturated heterocycles. The van der Waals surface area contributed by atoms with Gasteiger partial charge in [-0.25, -0.2) is 0 Å². The lowest BCUT2D eigenvalue weighted by atomic mass is 9.96. The van der Waals surface area contributed by atoms with E-state index in [1.807, 2.05) is 0 Å². The normalized spacial score (nSPS) is 28.0. The van der Waals surface area contributed by atoms with Gasteiger partial charge in [0.25, 0.3) is 0 Å². The molecule has 0 radical (unpaired) electrons. The van der Waals surface area contributed by atoms with E-state index in [0.29, 0.717) is 0 Å². The Bertz CT molecular complexity index is 229.